The van der Waals surface area contributed by atoms with E-state index in [0.29, 0.717) is 5.69 Å². The van der Waals surface area contributed by atoms with E-state index in [4.69, 9.17) is 4.74 Å². The summed E-state index contributed by atoms with van der Waals surface area (Å²) in [5.41, 5.74) is 0.892. The Hall–Kier alpha value is -3.75. The van der Waals surface area contributed by atoms with Gasteiger partial charge >= 0.3 is 0 Å². The second-order valence-corrected chi connectivity index (χ2v) is 5.22. The Balaban J connectivity index is 1.75. The Labute approximate surface area is 147 Å². The molecule has 1 heterocycles. The highest BCUT2D eigenvalue weighted by atomic mass is 19.1. The third-order valence-corrected chi connectivity index (χ3v) is 3.56. The van der Waals surface area contributed by atoms with E-state index in [1.165, 1.54) is 54.3 Å². The van der Waals surface area contributed by atoms with Crippen molar-refractivity contribution in [1.82, 2.24) is 9.78 Å². The molecule has 0 aliphatic rings. The number of benzene rings is 2. The Morgan fingerprint density at radius 2 is 1.96 bits per heavy atom. The summed E-state index contributed by atoms with van der Waals surface area (Å²) < 4.78 is 19.9. The molecular formula is C17H13FN4O4. The Morgan fingerprint density at radius 3 is 2.58 bits per heavy atom. The van der Waals surface area contributed by atoms with Crippen molar-refractivity contribution in [2.75, 3.05) is 12.4 Å². The number of anilines is 1. The lowest BCUT2D eigenvalue weighted by atomic mass is 10.2. The van der Waals surface area contributed by atoms with Gasteiger partial charge in [-0.2, -0.15) is 5.10 Å². The second-order valence-electron chi connectivity index (χ2n) is 5.22. The fraction of sp³-hybridized carbons (Fsp3) is 0.0588. The highest BCUT2D eigenvalue weighted by molar-refractivity contribution is 6.02. The van der Waals surface area contributed by atoms with Gasteiger partial charge in [0.05, 0.1) is 17.7 Å². The summed E-state index contributed by atoms with van der Waals surface area (Å²) >= 11 is 0. The van der Waals surface area contributed by atoms with E-state index >= 15 is 0 Å². The first-order valence-corrected chi connectivity index (χ1v) is 7.43. The molecule has 3 aromatic rings. The van der Waals surface area contributed by atoms with E-state index in [9.17, 15) is 19.3 Å². The predicted octanol–water partition coefficient (Wildman–Crippen LogP) is 3.18. The first-order chi connectivity index (χ1) is 12.5. The smallest absolute Gasteiger partial charge is 0.276 e. The number of carbonyl (C=O) groups excluding carboxylic acids is 1. The van der Waals surface area contributed by atoms with E-state index in [1.54, 1.807) is 6.20 Å². The highest BCUT2D eigenvalue weighted by Gasteiger charge is 2.13. The topological polar surface area (TPSA) is 99.3 Å². The Morgan fingerprint density at radius 1 is 1.23 bits per heavy atom. The maximum Gasteiger partial charge on any atom is 0.276 e. The lowest BCUT2D eigenvalue weighted by Gasteiger charge is -2.06. The summed E-state index contributed by atoms with van der Waals surface area (Å²) in [5.74, 6) is -1.04. The molecule has 1 N–H and O–H groups in total. The number of hydrogen-bond donors (Lipinski definition) is 1. The van der Waals surface area contributed by atoms with Crippen LogP contribution in [-0.4, -0.2) is 27.7 Å². The number of non-ortho nitro benzene ring substituents is 1. The van der Waals surface area contributed by atoms with Crippen LogP contribution in [0.4, 0.5) is 15.8 Å². The summed E-state index contributed by atoms with van der Waals surface area (Å²) in [6, 6.07) is 11.3. The van der Waals surface area contributed by atoms with Crippen LogP contribution >= 0.6 is 0 Å². The van der Waals surface area contributed by atoms with Crippen molar-refractivity contribution in [3.8, 4) is 11.4 Å². The maximum atomic E-state index is 13.7. The fourth-order valence-corrected chi connectivity index (χ4v) is 2.26. The quantitative estimate of drug-likeness (QED) is 0.559. The summed E-state index contributed by atoms with van der Waals surface area (Å²) in [6.07, 6.45) is 1.55. The van der Waals surface area contributed by atoms with Crippen molar-refractivity contribution in [1.29, 1.82) is 0 Å². The average Bonchev–Trinajstić information content (AvgIpc) is 3.12. The van der Waals surface area contributed by atoms with E-state index < -0.39 is 16.6 Å². The number of carbonyl (C=O) groups is 1. The number of methoxy groups -OCH3 is 1. The number of nitro benzene ring substituents is 1. The van der Waals surface area contributed by atoms with Crippen molar-refractivity contribution >= 4 is 17.3 Å². The zero-order valence-electron chi connectivity index (χ0n) is 13.5. The molecule has 26 heavy (non-hydrogen) atoms. The minimum atomic E-state index is -0.596. The average molecular weight is 356 g/mol. The van der Waals surface area contributed by atoms with Gasteiger partial charge in [0.2, 0.25) is 0 Å². The van der Waals surface area contributed by atoms with E-state index in [2.05, 4.69) is 10.4 Å². The number of aromatic nitrogens is 2. The number of nitrogens with zero attached hydrogens (tertiary/aromatic N) is 3. The van der Waals surface area contributed by atoms with Crippen molar-refractivity contribution in [2.45, 2.75) is 0 Å². The van der Waals surface area contributed by atoms with Crippen LogP contribution in [0.5, 0.6) is 5.75 Å². The summed E-state index contributed by atoms with van der Waals surface area (Å²) in [4.78, 5) is 22.4. The van der Waals surface area contributed by atoms with E-state index in [1.807, 2.05) is 0 Å². The normalized spacial score (nSPS) is 10.4. The number of nitrogens with one attached hydrogen (secondary N) is 1. The molecule has 0 saturated heterocycles. The first kappa shape index (κ1) is 17.1. The van der Waals surface area contributed by atoms with Crippen LogP contribution in [0.15, 0.2) is 54.7 Å². The molecule has 9 heteroatoms. The number of ether oxygens (including phenoxy) is 1. The largest absolute Gasteiger partial charge is 0.494 e. The Bertz CT molecular complexity index is 969. The summed E-state index contributed by atoms with van der Waals surface area (Å²) in [5, 5.41) is 17.3. The second kappa shape index (κ2) is 7.01. The summed E-state index contributed by atoms with van der Waals surface area (Å²) in [6.45, 7) is 0. The molecule has 0 unspecified atom stereocenters. The third-order valence-electron chi connectivity index (χ3n) is 3.56. The molecule has 8 nitrogen and oxygen atoms in total. The van der Waals surface area contributed by atoms with Gasteiger partial charge in [-0.05, 0) is 30.3 Å². The van der Waals surface area contributed by atoms with Crippen molar-refractivity contribution in [3.05, 3.63) is 76.4 Å². The van der Waals surface area contributed by atoms with Gasteiger partial charge < -0.3 is 10.1 Å². The van der Waals surface area contributed by atoms with Gasteiger partial charge in [0.25, 0.3) is 11.6 Å². The summed E-state index contributed by atoms with van der Waals surface area (Å²) in [7, 11) is 1.35. The van der Waals surface area contributed by atoms with E-state index in [0.717, 1.165) is 6.07 Å². The minimum Gasteiger partial charge on any atom is -0.494 e. The van der Waals surface area contributed by atoms with Gasteiger partial charge in [0, 0.05) is 30.1 Å². The molecular weight excluding hydrogens is 343 g/mol. The van der Waals surface area contributed by atoms with Gasteiger partial charge in [-0.15, -0.1) is 0 Å². The number of halogens is 1. The van der Waals surface area contributed by atoms with Gasteiger partial charge in [-0.3, -0.25) is 14.9 Å². The molecule has 0 atom stereocenters. The molecule has 0 aliphatic heterocycles. The standard InChI is InChI=1S/C17H13FN4O4/c1-26-16-7-2-11(10-14(16)18)19-17(23)15-8-9-21(20-15)12-3-5-13(6-4-12)22(24)25/h2-10H,1H3,(H,19,23). The highest BCUT2D eigenvalue weighted by Crippen LogP contribution is 2.21. The monoisotopic (exact) mass is 356 g/mol. The molecule has 0 radical (unpaired) electrons. The lowest BCUT2D eigenvalue weighted by molar-refractivity contribution is -0.384. The van der Waals surface area contributed by atoms with Gasteiger partial charge in [0.1, 0.15) is 0 Å². The molecule has 132 valence electrons. The zero-order chi connectivity index (χ0) is 18.7. The number of rotatable bonds is 5. The molecule has 3 rings (SSSR count). The number of nitro groups is 1. The van der Waals surface area contributed by atoms with Gasteiger partial charge in [-0.25, -0.2) is 9.07 Å². The Kier molecular flexibility index (Phi) is 4.61. The van der Waals surface area contributed by atoms with Crippen molar-refractivity contribution in [3.63, 3.8) is 0 Å². The minimum absolute atomic E-state index is 0.0413. The van der Waals surface area contributed by atoms with Crippen LogP contribution in [0.25, 0.3) is 5.69 Å². The van der Waals surface area contributed by atoms with Crippen LogP contribution in [0.3, 0.4) is 0 Å². The van der Waals surface area contributed by atoms with Crippen LogP contribution < -0.4 is 10.1 Å². The molecule has 2 aromatic carbocycles. The molecule has 0 spiro atoms. The maximum absolute atomic E-state index is 13.7. The third kappa shape index (κ3) is 3.51. The molecule has 0 fully saturated rings. The van der Waals surface area contributed by atoms with Gasteiger partial charge in [0.15, 0.2) is 17.3 Å². The van der Waals surface area contributed by atoms with Crippen LogP contribution in [-0.2, 0) is 0 Å². The van der Waals surface area contributed by atoms with Crippen LogP contribution in [0.1, 0.15) is 10.5 Å². The fourth-order valence-electron chi connectivity index (χ4n) is 2.26. The van der Waals surface area contributed by atoms with Crippen LogP contribution in [0.2, 0.25) is 0 Å². The number of hydrogen-bond acceptors (Lipinski definition) is 5. The molecule has 0 aliphatic carbocycles. The molecule has 0 bridgehead atoms. The SMILES string of the molecule is COc1ccc(NC(=O)c2ccn(-c3ccc([N+](=O)[O-])cc3)n2)cc1F. The van der Waals surface area contributed by atoms with Gasteiger partial charge in [-0.1, -0.05) is 0 Å². The first-order valence-electron chi connectivity index (χ1n) is 7.43. The molecule has 1 aromatic heterocycles. The molecule has 0 saturated carbocycles. The van der Waals surface area contributed by atoms with E-state index in [-0.39, 0.29) is 22.8 Å². The van der Waals surface area contributed by atoms with Crippen LogP contribution in [0, 0.1) is 15.9 Å². The van der Waals surface area contributed by atoms with Crippen molar-refractivity contribution < 1.29 is 18.8 Å². The zero-order valence-corrected chi connectivity index (χ0v) is 13.5. The molecule has 1 amide bonds. The predicted molar refractivity (Wildman–Crippen MR) is 91.1 cm³/mol. The van der Waals surface area contributed by atoms with Crippen molar-refractivity contribution in [2.24, 2.45) is 0 Å². The number of amides is 1. The lowest BCUT2D eigenvalue weighted by Crippen LogP contribution is -2.13.